The molecule has 0 bridgehead atoms. The minimum Gasteiger partial charge on any atom is -0.566 e. The van der Waals surface area contributed by atoms with Crippen LogP contribution < -0.4 is 4.89 Å². The van der Waals surface area contributed by atoms with Crippen molar-refractivity contribution in [3.63, 3.8) is 0 Å². The summed E-state index contributed by atoms with van der Waals surface area (Å²) in [6.07, 6.45) is -19.0. The number of alkyl halides is 1. The molecule has 0 N–H and O–H groups in total. The van der Waals surface area contributed by atoms with Gasteiger partial charge in [-0.15, -0.1) is 4.52 Å². The second kappa shape index (κ2) is 18.0. The normalized spacial score (nSPS) is 29.8. The Morgan fingerprint density at radius 1 is 0.673 bits per heavy atom. The van der Waals surface area contributed by atoms with Gasteiger partial charge in [-0.3, -0.25) is 24.0 Å². The van der Waals surface area contributed by atoms with Gasteiger partial charge in [-0.25, -0.2) is 9.18 Å². The summed E-state index contributed by atoms with van der Waals surface area (Å²) in [4.78, 5) is 84.2. The molecule has 18 nitrogen and oxygen atoms in total. The van der Waals surface area contributed by atoms with Gasteiger partial charge in [-0.1, -0.05) is 18.2 Å². The van der Waals surface area contributed by atoms with Crippen molar-refractivity contribution in [2.45, 2.75) is 96.1 Å². The van der Waals surface area contributed by atoms with Crippen molar-refractivity contribution in [1.29, 1.82) is 0 Å². The molecule has 0 aromatic heterocycles. The Balaban J connectivity index is 2.08. The molecule has 2 fully saturated rings. The maximum absolute atomic E-state index is 16.6. The first kappa shape index (κ1) is 39.3. The fourth-order valence-corrected chi connectivity index (χ4v) is 5.21. The summed E-state index contributed by atoms with van der Waals surface area (Å²) in [7, 11) is -3.72. The number of carbonyl (C=O) groups is 6. The molecule has 0 radical (unpaired) electrons. The second-order valence-corrected chi connectivity index (χ2v) is 11.2. The van der Waals surface area contributed by atoms with E-state index in [2.05, 4.69) is 0 Å². The lowest BCUT2D eigenvalue weighted by Gasteiger charge is -2.47. The average Bonchev–Trinajstić information content (AvgIpc) is 3.00. The lowest BCUT2D eigenvalue weighted by atomic mass is 9.96. The van der Waals surface area contributed by atoms with Crippen molar-refractivity contribution >= 4 is 44.1 Å². The van der Waals surface area contributed by atoms with Gasteiger partial charge in [0.05, 0.1) is 5.56 Å². The molecule has 1 aromatic rings. The summed E-state index contributed by atoms with van der Waals surface area (Å²) in [5.74, 6) is -5.63. The van der Waals surface area contributed by atoms with Crippen molar-refractivity contribution in [3.05, 3.63) is 35.9 Å². The molecule has 270 valence electrons. The quantitative estimate of drug-likeness (QED) is 0.152. The van der Waals surface area contributed by atoms with Crippen molar-refractivity contribution in [2.24, 2.45) is 0 Å². The molecule has 0 aliphatic carbocycles. The predicted octanol–water partition coefficient (Wildman–Crippen LogP) is 0.341. The number of halogens is 1. The standard InChI is InChI=1S/C29H34FO18P/c1-13(31)39-11-19-22(21(30)24(29(45-19)48-49(37)38)46-27(36)18-9-7-6-8-10-18)47-28-26(43-17(5)35)25(42-16(4)34)23(41-15(3)33)20(44-28)12-40-14(2)32/h6-10,19-26,28-29H,11-12H2,1-5H3/t19-,20-,21+,22-,23+,24+,25+,26-,28+,29-/m1/s1. The van der Waals surface area contributed by atoms with Crippen molar-refractivity contribution in [2.75, 3.05) is 13.2 Å². The highest BCUT2D eigenvalue weighted by Crippen LogP contribution is 2.37. The number of benzene rings is 1. The van der Waals surface area contributed by atoms with Crippen LogP contribution in [0.1, 0.15) is 45.0 Å². The number of esters is 6. The Hall–Kier alpha value is -4.13. The molecule has 0 amide bonds. The molecule has 0 spiro atoms. The minimum atomic E-state index is -3.72. The Bertz CT molecular complexity index is 1380. The molecular formula is C29H34FO18P. The summed E-state index contributed by atoms with van der Waals surface area (Å²) in [6, 6.07) is 7.21. The molecule has 2 aliphatic rings. The summed E-state index contributed by atoms with van der Waals surface area (Å²) < 4.78 is 81.5. The largest absolute Gasteiger partial charge is 0.566 e. The van der Waals surface area contributed by atoms with Crippen LogP contribution in [0.25, 0.3) is 0 Å². The zero-order chi connectivity index (χ0) is 36.4. The number of hydrogen-bond donors (Lipinski definition) is 0. The van der Waals surface area contributed by atoms with E-state index in [-0.39, 0.29) is 5.56 Å². The molecule has 11 atom stereocenters. The monoisotopic (exact) mass is 720 g/mol. The van der Waals surface area contributed by atoms with E-state index in [4.69, 9.17) is 47.2 Å². The van der Waals surface area contributed by atoms with Gasteiger partial charge in [0.25, 0.3) is 6.29 Å². The van der Waals surface area contributed by atoms with Crippen molar-refractivity contribution < 1.29 is 89.8 Å². The second-order valence-electron chi connectivity index (χ2n) is 10.5. The van der Waals surface area contributed by atoms with Crippen molar-refractivity contribution in [1.82, 2.24) is 0 Å². The topological polar surface area (TPSA) is 235 Å². The smallest absolute Gasteiger partial charge is 0.491 e. The van der Waals surface area contributed by atoms with Crippen LogP contribution in [-0.2, 0) is 75.7 Å². The van der Waals surface area contributed by atoms with E-state index in [9.17, 15) is 38.2 Å². The van der Waals surface area contributed by atoms with Gasteiger partial charge >= 0.3 is 44.1 Å². The summed E-state index contributed by atoms with van der Waals surface area (Å²) in [6.45, 7) is 3.60. The summed E-state index contributed by atoms with van der Waals surface area (Å²) in [5, 5.41) is 0. The third-order valence-corrected chi connectivity index (χ3v) is 7.08. The average molecular weight is 721 g/mol. The predicted molar refractivity (Wildman–Crippen MR) is 151 cm³/mol. The fourth-order valence-electron chi connectivity index (χ4n) is 4.87. The SMILES string of the molecule is CC(=O)OC[C@H]1O[C@@H](O[C@H]2[C@H](F)[C@H](OC(=O)c3ccccc3)[C@@H](O[P+](=O)[O-])O[C@@H]2COC(C)=O)[C@H](OC(C)=O)[C@@H](OC(C)=O)[C@H]1OC(C)=O. The maximum atomic E-state index is 16.6. The first-order valence-electron chi connectivity index (χ1n) is 14.5. The first-order valence-corrected chi connectivity index (χ1v) is 15.6. The highest BCUT2D eigenvalue weighted by Gasteiger charge is 2.58. The van der Waals surface area contributed by atoms with Gasteiger partial charge in [0.15, 0.2) is 36.9 Å². The Kier molecular flexibility index (Phi) is 14.5. The van der Waals surface area contributed by atoms with Crippen LogP contribution in [0, 0.1) is 0 Å². The molecule has 49 heavy (non-hydrogen) atoms. The molecule has 2 aliphatic heterocycles. The molecule has 1 aromatic carbocycles. The van der Waals surface area contributed by atoms with Gasteiger partial charge in [0.2, 0.25) is 0 Å². The number of rotatable bonds is 13. The fraction of sp³-hybridized carbons (Fsp3) is 0.586. The molecule has 2 heterocycles. The van der Waals surface area contributed by atoms with Crippen LogP contribution >= 0.6 is 8.25 Å². The summed E-state index contributed by atoms with van der Waals surface area (Å²) in [5.41, 5.74) is -0.0564. The lowest BCUT2D eigenvalue weighted by molar-refractivity contribution is -0.350. The molecule has 2 saturated heterocycles. The Morgan fingerprint density at radius 3 is 1.67 bits per heavy atom. The van der Waals surface area contributed by atoms with E-state index >= 15 is 4.39 Å². The van der Waals surface area contributed by atoms with E-state index in [1.807, 2.05) is 0 Å². The van der Waals surface area contributed by atoms with Gasteiger partial charge in [-0.2, -0.15) is 0 Å². The molecule has 0 saturated carbocycles. The van der Waals surface area contributed by atoms with Crippen LogP contribution in [0.4, 0.5) is 4.39 Å². The highest BCUT2D eigenvalue weighted by molar-refractivity contribution is 7.30. The van der Waals surface area contributed by atoms with Gasteiger partial charge in [-0.05, 0) is 16.7 Å². The van der Waals surface area contributed by atoms with E-state index < -0.39 is 119 Å². The van der Waals surface area contributed by atoms with E-state index in [1.165, 1.54) is 24.3 Å². The van der Waals surface area contributed by atoms with Crippen LogP contribution in [0.5, 0.6) is 0 Å². The van der Waals surface area contributed by atoms with Crippen LogP contribution in [0.3, 0.4) is 0 Å². The van der Waals surface area contributed by atoms with E-state index in [0.717, 1.165) is 34.6 Å². The van der Waals surface area contributed by atoms with Gasteiger partial charge in [0, 0.05) is 34.6 Å². The van der Waals surface area contributed by atoms with Crippen LogP contribution in [-0.4, -0.2) is 111 Å². The van der Waals surface area contributed by atoms with E-state index in [1.54, 1.807) is 6.07 Å². The minimum absolute atomic E-state index is 0.0564. The van der Waals surface area contributed by atoms with Crippen LogP contribution in [0.15, 0.2) is 30.3 Å². The lowest BCUT2D eigenvalue weighted by Crippen LogP contribution is -2.66. The van der Waals surface area contributed by atoms with E-state index in [0.29, 0.717) is 0 Å². The molecule has 20 heteroatoms. The first-order chi connectivity index (χ1) is 23.1. The zero-order valence-electron chi connectivity index (χ0n) is 26.7. The Labute approximate surface area is 279 Å². The van der Waals surface area contributed by atoms with Crippen molar-refractivity contribution in [3.8, 4) is 0 Å². The number of hydrogen-bond acceptors (Lipinski definition) is 18. The number of carbonyl (C=O) groups excluding carboxylic acids is 6. The van der Waals surface area contributed by atoms with Crippen LogP contribution in [0.2, 0.25) is 0 Å². The third-order valence-electron chi connectivity index (χ3n) is 6.70. The number of ether oxygens (including phenoxy) is 9. The highest BCUT2D eigenvalue weighted by atomic mass is 31.1. The zero-order valence-corrected chi connectivity index (χ0v) is 27.6. The Morgan fingerprint density at radius 2 is 1.16 bits per heavy atom. The third kappa shape index (κ3) is 11.5. The molecular weight excluding hydrogens is 686 g/mol. The van der Waals surface area contributed by atoms with Gasteiger partial charge < -0.3 is 47.5 Å². The van der Waals surface area contributed by atoms with Gasteiger partial charge in [0.1, 0.15) is 31.5 Å². The molecule has 3 rings (SSSR count). The maximum Gasteiger partial charge on any atom is 0.491 e. The molecule has 1 unspecified atom stereocenters. The summed E-state index contributed by atoms with van der Waals surface area (Å²) >= 11 is 0.